The lowest BCUT2D eigenvalue weighted by Gasteiger charge is -2.02. The van der Waals surface area contributed by atoms with Crippen LogP contribution in [0.1, 0.15) is 11.9 Å². The summed E-state index contributed by atoms with van der Waals surface area (Å²) in [5, 5.41) is 3.76. The van der Waals surface area contributed by atoms with Crippen molar-refractivity contribution in [3.63, 3.8) is 0 Å². The highest BCUT2D eigenvalue weighted by Gasteiger charge is 2.15. The second kappa shape index (κ2) is 4.24. The molecular formula is C9H11N3O3. The highest BCUT2D eigenvalue weighted by atomic mass is 16.5. The smallest absolute Gasteiger partial charge is 0.261 e. The quantitative estimate of drug-likeness (QED) is 0.807. The maximum Gasteiger partial charge on any atom is 0.261 e. The van der Waals surface area contributed by atoms with E-state index >= 15 is 0 Å². The molecule has 0 aliphatic heterocycles. The van der Waals surface area contributed by atoms with Gasteiger partial charge in [-0.3, -0.25) is 0 Å². The van der Waals surface area contributed by atoms with E-state index in [-0.39, 0.29) is 6.04 Å². The van der Waals surface area contributed by atoms with Crippen LogP contribution in [0.5, 0.6) is 0 Å². The van der Waals surface area contributed by atoms with Gasteiger partial charge in [0.15, 0.2) is 5.82 Å². The standard InChI is InChI=1S/C9H11N3O3/c1-13-5-7(10)8-11-9(15-12-8)6-2-3-14-4-6/h2-4,7H,5,10H2,1H3. The van der Waals surface area contributed by atoms with Crippen LogP contribution < -0.4 is 5.73 Å². The summed E-state index contributed by atoms with van der Waals surface area (Å²) in [6.07, 6.45) is 3.06. The Morgan fingerprint density at radius 2 is 2.47 bits per heavy atom. The summed E-state index contributed by atoms with van der Waals surface area (Å²) in [6, 6.07) is 1.36. The number of hydrogen-bond acceptors (Lipinski definition) is 6. The molecule has 2 aromatic rings. The molecule has 2 rings (SSSR count). The second-order valence-electron chi connectivity index (χ2n) is 3.03. The van der Waals surface area contributed by atoms with E-state index in [2.05, 4.69) is 10.1 Å². The largest absolute Gasteiger partial charge is 0.472 e. The fraction of sp³-hybridized carbons (Fsp3) is 0.333. The summed E-state index contributed by atoms with van der Waals surface area (Å²) in [4.78, 5) is 4.13. The van der Waals surface area contributed by atoms with Gasteiger partial charge in [-0.25, -0.2) is 0 Å². The third-order valence-electron chi connectivity index (χ3n) is 1.89. The Kier molecular flexibility index (Phi) is 2.79. The van der Waals surface area contributed by atoms with Crippen LogP contribution in [0, 0.1) is 0 Å². The first kappa shape index (κ1) is 9.88. The fourth-order valence-corrected chi connectivity index (χ4v) is 1.14. The van der Waals surface area contributed by atoms with E-state index in [9.17, 15) is 0 Å². The van der Waals surface area contributed by atoms with Gasteiger partial charge in [0.05, 0.1) is 24.5 Å². The van der Waals surface area contributed by atoms with E-state index < -0.39 is 0 Å². The maximum absolute atomic E-state index is 5.74. The van der Waals surface area contributed by atoms with Gasteiger partial charge in [-0.15, -0.1) is 0 Å². The van der Waals surface area contributed by atoms with Crippen molar-refractivity contribution in [1.82, 2.24) is 10.1 Å². The van der Waals surface area contributed by atoms with Crippen molar-refractivity contribution >= 4 is 0 Å². The Hall–Kier alpha value is -1.66. The van der Waals surface area contributed by atoms with Crippen molar-refractivity contribution in [2.45, 2.75) is 6.04 Å². The zero-order valence-electron chi connectivity index (χ0n) is 8.21. The van der Waals surface area contributed by atoms with Crippen molar-refractivity contribution in [3.05, 3.63) is 24.4 Å². The summed E-state index contributed by atoms with van der Waals surface area (Å²) in [5.41, 5.74) is 6.47. The molecule has 0 amide bonds. The molecule has 0 aliphatic carbocycles. The average molecular weight is 209 g/mol. The van der Waals surface area contributed by atoms with Crippen LogP contribution >= 0.6 is 0 Å². The van der Waals surface area contributed by atoms with Gasteiger partial charge in [-0.2, -0.15) is 4.98 Å². The molecule has 15 heavy (non-hydrogen) atoms. The number of methoxy groups -OCH3 is 1. The highest BCUT2D eigenvalue weighted by molar-refractivity contribution is 5.49. The predicted molar refractivity (Wildman–Crippen MR) is 50.8 cm³/mol. The first-order chi connectivity index (χ1) is 7.31. The topological polar surface area (TPSA) is 87.3 Å². The number of furan rings is 1. The normalized spacial score (nSPS) is 12.9. The molecule has 0 saturated carbocycles. The second-order valence-corrected chi connectivity index (χ2v) is 3.03. The maximum atomic E-state index is 5.74. The molecule has 1 atom stereocenters. The molecule has 2 N–H and O–H groups in total. The summed E-state index contributed by atoms with van der Waals surface area (Å²) in [5.74, 6) is 0.818. The minimum absolute atomic E-state index is 0.352. The van der Waals surface area contributed by atoms with Crippen LogP contribution in [-0.4, -0.2) is 23.9 Å². The molecule has 2 aromatic heterocycles. The third kappa shape index (κ3) is 2.05. The minimum atomic E-state index is -0.376. The molecule has 6 nitrogen and oxygen atoms in total. The van der Waals surface area contributed by atoms with Gasteiger partial charge in [0, 0.05) is 7.11 Å². The van der Waals surface area contributed by atoms with Crippen molar-refractivity contribution in [1.29, 1.82) is 0 Å². The molecule has 0 aliphatic rings. The number of hydrogen-bond donors (Lipinski definition) is 1. The van der Waals surface area contributed by atoms with E-state index in [0.29, 0.717) is 18.3 Å². The summed E-state index contributed by atoms with van der Waals surface area (Å²) < 4.78 is 14.8. The van der Waals surface area contributed by atoms with Crippen LogP contribution in [0.2, 0.25) is 0 Å². The van der Waals surface area contributed by atoms with Crippen LogP contribution in [0.25, 0.3) is 11.5 Å². The van der Waals surface area contributed by atoms with E-state index in [4.69, 9.17) is 19.4 Å². The van der Waals surface area contributed by atoms with Crippen molar-refractivity contribution in [2.75, 3.05) is 13.7 Å². The van der Waals surface area contributed by atoms with E-state index in [1.54, 1.807) is 13.2 Å². The molecule has 0 fully saturated rings. The Labute approximate surface area is 86.0 Å². The summed E-state index contributed by atoms with van der Waals surface area (Å²) in [6.45, 7) is 0.352. The van der Waals surface area contributed by atoms with E-state index in [0.717, 1.165) is 5.56 Å². The van der Waals surface area contributed by atoms with E-state index in [1.807, 2.05) is 0 Å². The Morgan fingerprint density at radius 1 is 1.60 bits per heavy atom. The lowest BCUT2D eigenvalue weighted by molar-refractivity contribution is 0.177. The predicted octanol–water partition coefficient (Wildman–Crippen LogP) is 0.976. The molecule has 0 radical (unpaired) electrons. The molecule has 80 valence electrons. The average Bonchev–Trinajstić information content (AvgIpc) is 2.89. The Bertz CT molecular complexity index is 410. The third-order valence-corrected chi connectivity index (χ3v) is 1.89. The monoisotopic (exact) mass is 209 g/mol. The van der Waals surface area contributed by atoms with Gasteiger partial charge in [-0.05, 0) is 6.07 Å². The number of nitrogens with two attached hydrogens (primary N) is 1. The van der Waals surface area contributed by atoms with Gasteiger partial charge in [0.25, 0.3) is 5.89 Å². The first-order valence-electron chi connectivity index (χ1n) is 4.42. The lowest BCUT2D eigenvalue weighted by Crippen LogP contribution is -2.17. The highest BCUT2D eigenvalue weighted by Crippen LogP contribution is 2.18. The van der Waals surface area contributed by atoms with Crippen LogP contribution in [-0.2, 0) is 4.74 Å². The molecule has 0 spiro atoms. The molecule has 2 heterocycles. The summed E-state index contributed by atoms with van der Waals surface area (Å²) >= 11 is 0. The number of nitrogens with zero attached hydrogens (tertiary/aromatic N) is 2. The number of aromatic nitrogens is 2. The van der Waals surface area contributed by atoms with Crippen molar-refractivity contribution in [3.8, 4) is 11.5 Å². The number of ether oxygens (including phenoxy) is 1. The minimum Gasteiger partial charge on any atom is -0.472 e. The molecule has 0 aromatic carbocycles. The molecule has 6 heteroatoms. The van der Waals surface area contributed by atoms with Gasteiger partial charge < -0.3 is 19.4 Å². The fourth-order valence-electron chi connectivity index (χ4n) is 1.14. The van der Waals surface area contributed by atoms with Crippen LogP contribution in [0.3, 0.4) is 0 Å². The molecule has 0 saturated heterocycles. The van der Waals surface area contributed by atoms with Crippen molar-refractivity contribution in [2.24, 2.45) is 5.73 Å². The zero-order chi connectivity index (χ0) is 10.7. The van der Waals surface area contributed by atoms with Gasteiger partial charge >= 0.3 is 0 Å². The molecular weight excluding hydrogens is 198 g/mol. The molecule has 1 unspecified atom stereocenters. The Morgan fingerprint density at radius 3 is 3.13 bits per heavy atom. The van der Waals surface area contributed by atoms with E-state index in [1.165, 1.54) is 12.5 Å². The van der Waals surface area contributed by atoms with Gasteiger partial charge in [0.1, 0.15) is 6.26 Å². The SMILES string of the molecule is COCC(N)c1noc(-c2ccoc2)n1. The lowest BCUT2D eigenvalue weighted by atomic mass is 10.3. The Balaban J connectivity index is 2.17. The van der Waals surface area contributed by atoms with Gasteiger partial charge in [0.2, 0.25) is 0 Å². The number of rotatable bonds is 4. The first-order valence-corrected chi connectivity index (χ1v) is 4.42. The molecule has 0 bridgehead atoms. The zero-order valence-corrected chi connectivity index (χ0v) is 8.21. The summed E-state index contributed by atoms with van der Waals surface area (Å²) in [7, 11) is 1.57. The van der Waals surface area contributed by atoms with Crippen LogP contribution in [0.4, 0.5) is 0 Å². The van der Waals surface area contributed by atoms with Crippen LogP contribution in [0.15, 0.2) is 27.5 Å². The van der Waals surface area contributed by atoms with Crippen molar-refractivity contribution < 1.29 is 13.7 Å². The van der Waals surface area contributed by atoms with Gasteiger partial charge in [-0.1, -0.05) is 5.16 Å².